The number of rotatable bonds is 1. The lowest BCUT2D eigenvalue weighted by Gasteiger charge is -2.29. The molecule has 1 aromatic carbocycles. The Morgan fingerprint density at radius 3 is 2.37 bits per heavy atom. The third-order valence-corrected chi connectivity index (χ3v) is 4.72. The molecule has 2 amide bonds. The summed E-state index contributed by atoms with van der Waals surface area (Å²) < 4.78 is 0. The van der Waals surface area contributed by atoms with Crippen molar-refractivity contribution >= 4 is 35.0 Å². The zero-order valence-electron chi connectivity index (χ0n) is 10.3. The maximum atomic E-state index is 12.4. The molecule has 1 saturated carbocycles. The van der Waals surface area contributed by atoms with E-state index in [1.165, 1.54) is 11.3 Å². The van der Waals surface area contributed by atoms with Crippen molar-refractivity contribution in [3.8, 4) is 0 Å². The summed E-state index contributed by atoms with van der Waals surface area (Å²) in [5.41, 5.74) is 0.648. The van der Waals surface area contributed by atoms with Crippen molar-refractivity contribution in [1.82, 2.24) is 4.90 Å². The lowest BCUT2D eigenvalue weighted by atomic mass is 9.94. The molecular formula is C14H13Cl2NO2. The van der Waals surface area contributed by atoms with Crippen molar-refractivity contribution in [2.75, 3.05) is 0 Å². The van der Waals surface area contributed by atoms with Gasteiger partial charge in [0.1, 0.15) is 0 Å². The summed E-state index contributed by atoms with van der Waals surface area (Å²) in [5.74, 6) is -0.523. The monoisotopic (exact) mass is 297 g/mol. The van der Waals surface area contributed by atoms with E-state index in [2.05, 4.69) is 0 Å². The minimum Gasteiger partial charge on any atom is -0.271 e. The molecule has 100 valence electrons. The molecule has 2 aliphatic rings. The summed E-state index contributed by atoms with van der Waals surface area (Å²) in [6.07, 6.45) is 5.07. The maximum Gasteiger partial charge on any atom is 0.263 e. The average molecular weight is 298 g/mol. The van der Waals surface area contributed by atoms with E-state index in [4.69, 9.17) is 23.2 Å². The van der Waals surface area contributed by atoms with Gasteiger partial charge in [-0.25, -0.2) is 0 Å². The van der Waals surface area contributed by atoms with Crippen molar-refractivity contribution in [1.29, 1.82) is 0 Å². The second kappa shape index (κ2) is 4.80. The Balaban J connectivity index is 2.02. The number of carbonyl (C=O) groups is 2. The highest BCUT2D eigenvalue weighted by molar-refractivity contribution is 6.45. The standard InChI is InChI=1S/C14H13Cl2NO2/c15-10-7-6-9-11(12(10)16)14(19)17(13(9)18)8-4-2-1-3-5-8/h6-8H,1-5H2. The molecule has 0 unspecified atom stereocenters. The van der Waals surface area contributed by atoms with Crippen LogP contribution in [-0.4, -0.2) is 22.8 Å². The van der Waals surface area contributed by atoms with E-state index in [1.807, 2.05) is 0 Å². The first-order valence-electron chi connectivity index (χ1n) is 6.47. The molecule has 5 heteroatoms. The Bertz CT molecular complexity index is 565. The van der Waals surface area contributed by atoms with Gasteiger partial charge in [0.05, 0.1) is 21.2 Å². The molecule has 1 aliphatic carbocycles. The molecule has 3 nitrogen and oxygen atoms in total. The number of benzene rings is 1. The number of fused-ring (bicyclic) bond motifs is 1. The quantitative estimate of drug-likeness (QED) is 0.737. The SMILES string of the molecule is O=C1c2ccc(Cl)c(Cl)c2C(=O)N1C1CCCCC1. The van der Waals surface area contributed by atoms with Gasteiger partial charge < -0.3 is 0 Å². The molecule has 0 N–H and O–H groups in total. The van der Waals surface area contributed by atoms with Gasteiger partial charge in [-0.05, 0) is 25.0 Å². The van der Waals surface area contributed by atoms with Gasteiger partial charge in [-0.1, -0.05) is 42.5 Å². The largest absolute Gasteiger partial charge is 0.271 e. The van der Waals surface area contributed by atoms with Crippen LogP contribution in [0.3, 0.4) is 0 Å². The molecule has 19 heavy (non-hydrogen) atoms. The molecule has 1 heterocycles. The number of halogens is 2. The van der Waals surface area contributed by atoms with Gasteiger partial charge in [0.25, 0.3) is 11.8 Å². The van der Waals surface area contributed by atoms with Crippen LogP contribution in [0.5, 0.6) is 0 Å². The van der Waals surface area contributed by atoms with E-state index < -0.39 is 0 Å². The van der Waals surface area contributed by atoms with Crippen LogP contribution < -0.4 is 0 Å². The first-order valence-corrected chi connectivity index (χ1v) is 7.22. The third-order valence-electron chi connectivity index (χ3n) is 3.92. The summed E-state index contributed by atoms with van der Waals surface area (Å²) in [6, 6.07) is 3.17. The van der Waals surface area contributed by atoms with E-state index >= 15 is 0 Å². The van der Waals surface area contributed by atoms with Gasteiger partial charge in [-0.2, -0.15) is 0 Å². The van der Waals surface area contributed by atoms with Gasteiger partial charge in [-0.15, -0.1) is 0 Å². The molecule has 1 aromatic rings. The lowest BCUT2D eigenvalue weighted by molar-refractivity contribution is 0.0549. The highest BCUT2D eigenvalue weighted by atomic mass is 35.5. The predicted molar refractivity (Wildman–Crippen MR) is 73.8 cm³/mol. The first-order chi connectivity index (χ1) is 9.11. The molecule has 0 atom stereocenters. The summed E-state index contributed by atoms with van der Waals surface area (Å²) in [4.78, 5) is 26.2. The van der Waals surface area contributed by atoms with Crippen LogP contribution in [0.2, 0.25) is 10.0 Å². The second-order valence-electron chi connectivity index (χ2n) is 5.06. The van der Waals surface area contributed by atoms with Crippen LogP contribution in [0.25, 0.3) is 0 Å². The number of hydrogen-bond acceptors (Lipinski definition) is 2. The third kappa shape index (κ3) is 1.96. The normalized spacial score (nSPS) is 20.0. The van der Waals surface area contributed by atoms with E-state index in [9.17, 15) is 9.59 Å². The molecule has 1 aliphatic heterocycles. The number of amides is 2. The molecule has 0 radical (unpaired) electrons. The predicted octanol–water partition coefficient (Wildman–Crippen LogP) is 3.92. The number of carbonyl (C=O) groups excluding carboxylic acids is 2. The van der Waals surface area contributed by atoms with Crippen molar-refractivity contribution in [2.45, 2.75) is 38.1 Å². The van der Waals surface area contributed by atoms with E-state index in [0.717, 1.165) is 25.7 Å². The van der Waals surface area contributed by atoms with Crippen LogP contribution >= 0.6 is 23.2 Å². The number of hydrogen-bond donors (Lipinski definition) is 0. The zero-order valence-corrected chi connectivity index (χ0v) is 11.8. The van der Waals surface area contributed by atoms with Gasteiger partial charge >= 0.3 is 0 Å². The summed E-state index contributed by atoms with van der Waals surface area (Å²) in [5, 5.41) is 0.503. The van der Waals surface area contributed by atoms with Crippen molar-refractivity contribution < 1.29 is 9.59 Å². The van der Waals surface area contributed by atoms with Crippen LogP contribution in [0.1, 0.15) is 52.8 Å². The van der Waals surface area contributed by atoms with Gasteiger partial charge in [-0.3, -0.25) is 14.5 Å². The fraction of sp³-hybridized carbons (Fsp3) is 0.429. The lowest BCUT2D eigenvalue weighted by Crippen LogP contribution is -2.40. The Morgan fingerprint density at radius 1 is 1.00 bits per heavy atom. The molecule has 3 rings (SSSR count). The Hall–Kier alpha value is -1.06. The van der Waals surface area contributed by atoms with Crippen LogP contribution in [0.15, 0.2) is 12.1 Å². The molecule has 0 bridgehead atoms. The Morgan fingerprint density at radius 2 is 1.68 bits per heavy atom. The summed E-state index contributed by atoms with van der Waals surface area (Å²) in [7, 11) is 0. The smallest absolute Gasteiger partial charge is 0.263 e. The van der Waals surface area contributed by atoms with E-state index in [1.54, 1.807) is 12.1 Å². The van der Waals surface area contributed by atoms with Crippen LogP contribution in [0.4, 0.5) is 0 Å². The minimum atomic E-state index is -0.292. The topological polar surface area (TPSA) is 37.4 Å². The summed E-state index contributed by atoms with van der Waals surface area (Å²) in [6.45, 7) is 0. The fourth-order valence-corrected chi connectivity index (χ4v) is 3.35. The average Bonchev–Trinajstić information content (AvgIpc) is 2.67. The highest BCUT2D eigenvalue weighted by Gasteiger charge is 2.41. The van der Waals surface area contributed by atoms with Crippen molar-refractivity contribution in [3.63, 3.8) is 0 Å². The van der Waals surface area contributed by atoms with Crippen LogP contribution in [0, 0.1) is 0 Å². The minimum absolute atomic E-state index is 0.0102. The van der Waals surface area contributed by atoms with E-state index in [0.29, 0.717) is 10.6 Å². The maximum absolute atomic E-state index is 12.4. The molecule has 1 fully saturated rings. The number of nitrogens with zero attached hydrogens (tertiary/aromatic N) is 1. The molecule has 0 aromatic heterocycles. The van der Waals surface area contributed by atoms with Gasteiger partial charge in [0.2, 0.25) is 0 Å². The molecule has 0 saturated heterocycles. The van der Waals surface area contributed by atoms with Crippen molar-refractivity contribution in [3.05, 3.63) is 33.3 Å². The van der Waals surface area contributed by atoms with E-state index in [-0.39, 0.29) is 28.4 Å². The van der Waals surface area contributed by atoms with Crippen molar-refractivity contribution in [2.24, 2.45) is 0 Å². The number of imide groups is 1. The Kier molecular flexibility index (Phi) is 3.27. The fourth-order valence-electron chi connectivity index (χ4n) is 2.95. The second-order valence-corrected chi connectivity index (χ2v) is 5.84. The highest BCUT2D eigenvalue weighted by Crippen LogP contribution is 2.37. The van der Waals surface area contributed by atoms with Crippen LogP contribution in [-0.2, 0) is 0 Å². The van der Waals surface area contributed by atoms with Gasteiger partial charge in [0, 0.05) is 6.04 Å². The van der Waals surface area contributed by atoms with Gasteiger partial charge in [0.15, 0.2) is 0 Å². The zero-order chi connectivity index (χ0) is 13.6. The Labute approximate surface area is 121 Å². The first kappa shape index (κ1) is 12.9. The molecular weight excluding hydrogens is 285 g/mol. The molecule has 0 spiro atoms. The summed E-state index contributed by atoms with van der Waals surface area (Å²) >= 11 is 12.0.